The molecule has 0 saturated carbocycles. The van der Waals surface area contributed by atoms with Crippen molar-refractivity contribution in [3.8, 4) is 0 Å². The van der Waals surface area contributed by atoms with Crippen molar-refractivity contribution < 1.29 is 9.21 Å². The fourth-order valence-electron chi connectivity index (χ4n) is 2.02. The van der Waals surface area contributed by atoms with Crippen molar-refractivity contribution in [3.05, 3.63) is 53.5 Å². The van der Waals surface area contributed by atoms with Gasteiger partial charge in [0.1, 0.15) is 5.76 Å². The van der Waals surface area contributed by atoms with Gasteiger partial charge in [0.25, 0.3) is 0 Å². The van der Waals surface area contributed by atoms with Gasteiger partial charge in [0.15, 0.2) is 0 Å². The van der Waals surface area contributed by atoms with Gasteiger partial charge < -0.3 is 20.4 Å². The molecule has 2 amide bonds. The molecule has 0 radical (unpaired) electrons. The standard InChI is InChI=1S/C16H21N3O2/c1-11(17)13-5-4-6-15(9-13)18-16(20)19(3)10-14-7-8-21-12(14)2/h4-9,11H,10,17H2,1-3H3,(H,18,20). The van der Waals surface area contributed by atoms with E-state index in [-0.39, 0.29) is 12.1 Å². The van der Waals surface area contributed by atoms with Gasteiger partial charge >= 0.3 is 6.03 Å². The van der Waals surface area contributed by atoms with Crippen molar-refractivity contribution in [3.63, 3.8) is 0 Å². The van der Waals surface area contributed by atoms with Crippen molar-refractivity contribution in [1.29, 1.82) is 0 Å². The second-order valence-electron chi connectivity index (χ2n) is 5.20. The minimum absolute atomic E-state index is 0.0619. The molecule has 1 aromatic heterocycles. The Morgan fingerprint density at radius 3 is 2.81 bits per heavy atom. The molecular weight excluding hydrogens is 266 g/mol. The lowest BCUT2D eigenvalue weighted by atomic mass is 10.1. The molecule has 0 fully saturated rings. The van der Waals surface area contributed by atoms with Crippen molar-refractivity contribution in [2.24, 2.45) is 5.73 Å². The Bertz CT molecular complexity index is 619. The van der Waals surface area contributed by atoms with Crippen LogP contribution in [0.4, 0.5) is 10.5 Å². The van der Waals surface area contributed by atoms with Gasteiger partial charge in [-0.2, -0.15) is 0 Å². The maximum atomic E-state index is 12.2. The first-order valence-electron chi connectivity index (χ1n) is 6.88. The third-order valence-electron chi connectivity index (χ3n) is 3.38. The summed E-state index contributed by atoms with van der Waals surface area (Å²) in [6.45, 7) is 4.29. The van der Waals surface area contributed by atoms with Gasteiger partial charge in [-0.05, 0) is 37.6 Å². The summed E-state index contributed by atoms with van der Waals surface area (Å²) in [4.78, 5) is 13.8. The van der Waals surface area contributed by atoms with Crippen LogP contribution in [-0.4, -0.2) is 18.0 Å². The smallest absolute Gasteiger partial charge is 0.321 e. The topological polar surface area (TPSA) is 71.5 Å². The van der Waals surface area contributed by atoms with Crippen LogP contribution < -0.4 is 11.1 Å². The fraction of sp³-hybridized carbons (Fsp3) is 0.312. The van der Waals surface area contributed by atoms with Crippen molar-refractivity contribution in [1.82, 2.24) is 4.90 Å². The minimum atomic E-state index is -0.169. The van der Waals surface area contributed by atoms with Crippen LogP contribution in [0.25, 0.3) is 0 Å². The summed E-state index contributed by atoms with van der Waals surface area (Å²) in [6, 6.07) is 9.20. The molecule has 0 bridgehead atoms. The number of nitrogens with one attached hydrogen (secondary N) is 1. The molecule has 0 spiro atoms. The Labute approximate surface area is 124 Å². The first kappa shape index (κ1) is 15.1. The number of hydrogen-bond acceptors (Lipinski definition) is 3. The number of aryl methyl sites for hydroxylation is 1. The van der Waals surface area contributed by atoms with Gasteiger partial charge in [0.05, 0.1) is 12.8 Å². The Hall–Kier alpha value is -2.27. The van der Waals surface area contributed by atoms with E-state index in [0.717, 1.165) is 22.6 Å². The van der Waals surface area contributed by atoms with E-state index >= 15 is 0 Å². The van der Waals surface area contributed by atoms with E-state index in [1.54, 1.807) is 18.2 Å². The predicted molar refractivity (Wildman–Crippen MR) is 83.0 cm³/mol. The number of carbonyl (C=O) groups excluding carboxylic acids is 1. The summed E-state index contributed by atoms with van der Waals surface area (Å²) in [5.41, 5.74) is 8.57. The number of rotatable bonds is 4. The quantitative estimate of drug-likeness (QED) is 0.906. The summed E-state index contributed by atoms with van der Waals surface area (Å²) in [5, 5.41) is 2.87. The molecule has 2 rings (SSSR count). The average molecular weight is 287 g/mol. The van der Waals surface area contributed by atoms with E-state index < -0.39 is 0 Å². The van der Waals surface area contributed by atoms with E-state index in [0.29, 0.717) is 6.54 Å². The van der Waals surface area contributed by atoms with Gasteiger partial charge in [0, 0.05) is 24.3 Å². The maximum absolute atomic E-state index is 12.2. The van der Waals surface area contributed by atoms with Gasteiger partial charge in [-0.1, -0.05) is 12.1 Å². The summed E-state index contributed by atoms with van der Waals surface area (Å²) in [5.74, 6) is 0.827. The minimum Gasteiger partial charge on any atom is -0.469 e. The lowest BCUT2D eigenvalue weighted by Gasteiger charge is -2.18. The highest BCUT2D eigenvalue weighted by molar-refractivity contribution is 5.89. The normalized spacial score (nSPS) is 12.0. The number of amides is 2. The first-order valence-corrected chi connectivity index (χ1v) is 6.88. The molecule has 0 aliphatic heterocycles. The van der Waals surface area contributed by atoms with Gasteiger partial charge in [-0.3, -0.25) is 0 Å². The van der Waals surface area contributed by atoms with Crippen LogP contribution in [0.15, 0.2) is 41.0 Å². The van der Waals surface area contributed by atoms with Gasteiger partial charge in [-0.25, -0.2) is 4.79 Å². The SMILES string of the molecule is Cc1occc1CN(C)C(=O)Nc1cccc(C(C)N)c1. The summed E-state index contributed by atoms with van der Waals surface area (Å²) in [7, 11) is 1.75. The summed E-state index contributed by atoms with van der Waals surface area (Å²) >= 11 is 0. The maximum Gasteiger partial charge on any atom is 0.321 e. The van der Waals surface area contributed by atoms with Crippen molar-refractivity contribution in [2.75, 3.05) is 12.4 Å². The highest BCUT2D eigenvalue weighted by atomic mass is 16.3. The number of anilines is 1. The molecule has 1 heterocycles. The number of nitrogens with two attached hydrogens (primary N) is 1. The van der Waals surface area contributed by atoms with E-state index in [1.807, 2.05) is 44.2 Å². The number of nitrogens with zero attached hydrogens (tertiary/aromatic N) is 1. The first-order chi connectivity index (χ1) is 9.97. The molecule has 1 aromatic carbocycles. The Morgan fingerprint density at radius 1 is 1.43 bits per heavy atom. The third-order valence-corrected chi connectivity index (χ3v) is 3.38. The zero-order valence-electron chi connectivity index (χ0n) is 12.6. The molecule has 112 valence electrons. The monoisotopic (exact) mass is 287 g/mol. The zero-order valence-corrected chi connectivity index (χ0v) is 12.6. The predicted octanol–water partition coefficient (Wildman–Crippen LogP) is 3.27. The number of carbonyl (C=O) groups is 1. The highest BCUT2D eigenvalue weighted by Gasteiger charge is 2.12. The second-order valence-corrected chi connectivity index (χ2v) is 5.20. The van der Waals surface area contributed by atoms with Crippen LogP contribution >= 0.6 is 0 Å². The number of benzene rings is 1. The molecule has 0 aliphatic carbocycles. The van der Waals surface area contributed by atoms with Crippen LogP contribution in [0.1, 0.15) is 29.9 Å². The third kappa shape index (κ3) is 3.86. The van der Waals surface area contributed by atoms with E-state index in [4.69, 9.17) is 10.2 Å². The molecule has 1 atom stereocenters. The summed E-state index contributed by atoms with van der Waals surface area (Å²) in [6.07, 6.45) is 1.63. The zero-order chi connectivity index (χ0) is 15.4. The number of furan rings is 1. The molecule has 2 aromatic rings. The summed E-state index contributed by atoms with van der Waals surface area (Å²) < 4.78 is 5.23. The molecule has 0 saturated heterocycles. The largest absolute Gasteiger partial charge is 0.469 e. The van der Waals surface area contributed by atoms with Crippen LogP contribution in [0.5, 0.6) is 0 Å². The van der Waals surface area contributed by atoms with Crippen LogP contribution in [-0.2, 0) is 6.54 Å². The molecule has 0 aliphatic rings. The molecule has 3 N–H and O–H groups in total. The Morgan fingerprint density at radius 2 is 2.19 bits per heavy atom. The molecule has 1 unspecified atom stereocenters. The van der Waals surface area contributed by atoms with Crippen LogP contribution in [0, 0.1) is 6.92 Å². The van der Waals surface area contributed by atoms with E-state index in [9.17, 15) is 4.79 Å². The van der Waals surface area contributed by atoms with Gasteiger partial charge in [-0.15, -0.1) is 0 Å². The lowest BCUT2D eigenvalue weighted by molar-refractivity contribution is 0.220. The Kier molecular flexibility index (Phi) is 4.65. The lowest BCUT2D eigenvalue weighted by Crippen LogP contribution is -2.30. The number of urea groups is 1. The highest BCUT2D eigenvalue weighted by Crippen LogP contribution is 2.17. The van der Waals surface area contributed by atoms with E-state index in [2.05, 4.69) is 5.32 Å². The van der Waals surface area contributed by atoms with E-state index in [1.165, 1.54) is 0 Å². The van der Waals surface area contributed by atoms with Crippen molar-refractivity contribution in [2.45, 2.75) is 26.4 Å². The fourth-order valence-corrected chi connectivity index (χ4v) is 2.02. The van der Waals surface area contributed by atoms with Crippen molar-refractivity contribution >= 4 is 11.7 Å². The molecule has 5 nitrogen and oxygen atoms in total. The Balaban J connectivity index is 2.00. The second kappa shape index (κ2) is 6.45. The van der Waals surface area contributed by atoms with Crippen LogP contribution in [0.3, 0.4) is 0 Å². The molecule has 21 heavy (non-hydrogen) atoms. The molecule has 5 heteroatoms. The number of hydrogen-bond donors (Lipinski definition) is 2. The van der Waals surface area contributed by atoms with Crippen LogP contribution in [0.2, 0.25) is 0 Å². The molecular formula is C16H21N3O2. The van der Waals surface area contributed by atoms with Gasteiger partial charge in [0.2, 0.25) is 0 Å². The average Bonchev–Trinajstić information content (AvgIpc) is 2.84.